The second-order valence-electron chi connectivity index (χ2n) is 5.49. The van der Waals surface area contributed by atoms with E-state index < -0.39 is 29.4 Å². The number of aliphatic hydroxyl groups is 1. The van der Waals surface area contributed by atoms with Gasteiger partial charge in [0.1, 0.15) is 11.6 Å². The van der Waals surface area contributed by atoms with Gasteiger partial charge in [0.05, 0.1) is 18.9 Å². The van der Waals surface area contributed by atoms with Crippen LogP contribution in [0.15, 0.2) is 47.1 Å². The molecule has 120 valence electrons. The van der Waals surface area contributed by atoms with Gasteiger partial charge in [-0.3, -0.25) is 9.69 Å². The highest BCUT2D eigenvalue weighted by Gasteiger charge is 2.51. The Balaban J connectivity index is 1.83. The molecule has 1 saturated heterocycles. The highest BCUT2D eigenvalue weighted by molar-refractivity contribution is 6.06. The van der Waals surface area contributed by atoms with Crippen LogP contribution in [0.5, 0.6) is 0 Å². The van der Waals surface area contributed by atoms with Crippen molar-refractivity contribution in [3.8, 4) is 0 Å². The number of nitrogens with zero attached hydrogens (tertiary/aromatic N) is 1. The lowest BCUT2D eigenvalue weighted by atomic mass is 9.99. The van der Waals surface area contributed by atoms with Crippen molar-refractivity contribution in [2.45, 2.75) is 18.6 Å². The molecule has 3 rings (SSSR count). The average molecular weight is 318 g/mol. The summed E-state index contributed by atoms with van der Waals surface area (Å²) >= 11 is 0. The maximum absolute atomic E-state index is 13.7. The fourth-order valence-corrected chi connectivity index (χ4v) is 2.61. The number of β-amino-alcohol motifs (C(OH)–C–C–N with tert-alkyl or cyclic N) is 1. The minimum Gasteiger partial charge on any atom is -0.466 e. The smallest absolute Gasteiger partial charge is 0.325 e. The van der Waals surface area contributed by atoms with E-state index in [-0.39, 0.29) is 12.1 Å². The van der Waals surface area contributed by atoms with E-state index in [1.807, 2.05) is 0 Å². The molecular formula is C16H15FN2O4. The van der Waals surface area contributed by atoms with Gasteiger partial charge >= 0.3 is 6.03 Å². The largest absolute Gasteiger partial charge is 0.466 e. The monoisotopic (exact) mass is 318 g/mol. The molecule has 1 aliphatic rings. The summed E-state index contributed by atoms with van der Waals surface area (Å²) in [4.78, 5) is 25.5. The molecule has 0 radical (unpaired) electrons. The number of benzene rings is 1. The zero-order chi connectivity index (χ0) is 16.6. The van der Waals surface area contributed by atoms with E-state index in [0.717, 1.165) is 4.90 Å². The highest BCUT2D eigenvalue weighted by atomic mass is 19.1. The number of imide groups is 1. The zero-order valence-corrected chi connectivity index (χ0v) is 12.3. The number of aliphatic hydroxyl groups excluding tert-OH is 1. The van der Waals surface area contributed by atoms with Gasteiger partial charge in [0.2, 0.25) is 0 Å². The summed E-state index contributed by atoms with van der Waals surface area (Å²) in [5.41, 5.74) is -1.31. The Hall–Kier alpha value is -2.67. The van der Waals surface area contributed by atoms with Crippen LogP contribution in [0.1, 0.15) is 24.4 Å². The van der Waals surface area contributed by atoms with Gasteiger partial charge in [-0.25, -0.2) is 9.18 Å². The van der Waals surface area contributed by atoms with Crippen LogP contribution in [0.2, 0.25) is 0 Å². The SMILES string of the molecule is CC1(c2ccco2)NC(=O)N(CC(O)c2ccccc2F)C1=O. The molecule has 2 aromatic rings. The van der Waals surface area contributed by atoms with Gasteiger partial charge in [0.25, 0.3) is 5.91 Å². The number of halogens is 1. The summed E-state index contributed by atoms with van der Waals surface area (Å²) in [6.07, 6.45) is 0.0847. The van der Waals surface area contributed by atoms with Crippen LogP contribution in [-0.2, 0) is 10.3 Å². The lowest BCUT2D eigenvalue weighted by Gasteiger charge is -2.21. The van der Waals surface area contributed by atoms with Crippen molar-refractivity contribution in [1.82, 2.24) is 10.2 Å². The van der Waals surface area contributed by atoms with Crippen LogP contribution in [0, 0.1) is 5.82 Å². The molecular weight excluding hydrogens is 303 g/mol. The number of hydrogen-bond acceptors (Lipinski definition) is 4. The summed E-state index contributed by atoms with van der Waals surface area (Å²) in [6.45, 7) is 1.17. The minimum absolute atomic E-state index is 0.0275. The molecule has 2 atom stereocenters. The van der Waals surface area contributed by atoms with Gasteiger partial charge in [-0.05, 0) is 25.1 Å². The Kier molecular flexibility index (Phi) is 3.65. The summed E-state index contributed by atoms with van der Waals surface area (Å²) < 4.78 is 18.9. The Labute approximate surface area is 131 Å². The van der Waals surface area contributed by atoms with Gasteiger partial charge in [0, 0.05) is 5.56 Å². The number of amides is 3. The zero-order valence-electron chi connectivity index (χ0n) is 12.3. The first-order valence-corrected chi connectivity index (χ1v) is 7.04. The van der Waals surface area contributed by atoms with Crippen LogP contribution >= 0.6 is 0 Å². The Morgan fingerprint density at radius 3 is 2.70 bits per heavy atom. The molecule has 1 aromatic carbocycles. The first kappa shape index (κ1) is 15.2. The van der Waals surface area contributed by atoms with Crippen LogP contribution in [0.4, 0.5) is 9.18 Å². The fourth-order valence-electron chi connectivity index (χ4n) is 2.61. The third-order valence-corrected chi connectivity index (χ3v) is 3.91. The molecule has 1 aromatic heterocycles. The normalized spacial score (nSPS) is 22.3. The van der Waals surface area contributed by atoms with E-state index in [1.54, 1.807) is 18.2 Å². The standard InChI is InChI=1S/C16H15FN2O4/c1-16(13-7-4-8-23-13)14(21)19(15(22)18-16)9-12(20)10-5-2-3-6-11(10)17/h2-8,12,20H,9H2,1H3,(H,18,22). The molecule has 3 amide bonds. The molecule has 1 fully saturated rings. The van der Waals surface area contributed by atoms with Gasteiger partial charge in [-0.2, -0.15) is 0 Å². The van der Waals surface area contributed by atoms with E-state index >= 15 is 0 Å². The second-order valence-corrected chi connectivity index (χ2v) is 5.49. The van der Waals surface area contributed by atoms with Crippen LogP contribution < -0.4 is 5.32 Å². The van der Waals surface area contributed by atoms with Crippen molar-refractivity contribution in [3.63, 3.8) is 0 Å². The van der Waals surface area contributed by atoms with Crippen LogP contribution in [0.25, 0.3) is 0 Å². The molecule has 6 nitrogen and oxygen atoms in total. The van der Waals surface area contributed by atoms with E-state index in [0.29, 0.717) is 5.76 Å². The molecule has 2 N–H and O–H groups in total. The predicted octanol–water partition coefficient (Wildman–Crippen LogP) is 1.92. The first-order valence-electron chi connectivity index (χ1n) is 7.04. The fraction of sp³-hybridized carbons (Fsp3) is 0.250. The van der Waals surface area contributed by atoms with E-state index in [9.17, 15) is 19.1 Å². The Morgan fingerprint density at radius 1 is 1.30 bits per heavy atom. The highest BCUT2D eigenvalue weighted by Crippen LogP contribution is 2.30. The van der Waals surface area contributed by atoms with Crippen molar-refractivity contribution < 1.29 is 23.5 Å². The van der Waals surface area contributed by atoms with Crippen molar-refractivity contribution in [3.05, 3.63) is 59.8 Å². The molecule has 0 aliphatic carbocycles. The lowest BCUT2D eigenvalue weighted by molar-refractivity contribution is -0.132. The predicted molar refractivity (Wildman–Crippen MR) is 77.7 cm³/mol. The molecule has 0 bridgehead atoms. The maximum Gasteiger partial charge on any atom is 0.325 e. The lowest BCUT2D eigenvalue weighted by Crippen LogP contribution is -2.41. The molecule has 7 heteroatoms. The van der Waals surface area contributed by atoms with Crippen LogP contribution in [-0.4, -0.2) is 28.5 Å². The molecule has 23 heavy (non-hydrogen) atoms. The summed E-state index contributed by atoms with van der Waals surface area (Å²) in [5, 5.41) is 12.7. The van der Waals surface area contributed by atoms with Gasteiger partial charge in [0.15, 0.2) is 5.54 Å². The topological polar surface area (TPSA) is 82.8 Å². The molecule has 0 spiro atoms. The number of urea groups is 1. The molecule has 0 saturated carbocycles. The first-order chi connectivity index (χ1) is 10.9. The summed E-state index contributed by atoms with van der Waals surface area (Å²) in [6, 6.07) is 8.20. The third kappa shape index (κ3) is 2.49. The van der Waals surface area contributed by atoms with E-state index in [4.69, 9.17) is 4.42 Å². The Morgan fingerprint density at radius 2 is 2.04 bits per heavy atom. The third-order valence-electron chi connectivity index (χ3n) is 3.91. The van der Waals surface area contributed by atoms with E-state index in [1.165, 1.54) is 31.4 Å². The second kappa shape index (κ2) is 5.51. The van der Waals surface area contributed by atoms with E-state index in [2.05, 4.69) is 5.32 Å². The minimum atomic E-state index is -1.34. The number of nitrogens with one attached hydrogen (secondary N) is 1. The maximum atomic E-state index is 13.7. The number of furan rings is 1. The van der Waals surface area contributed by atoms with Crippen molar-refractivity contribution in [2.24, 2.45) is 0 Å². The van der Waals surface area contributed by atoms with Crippen LogP contribution in [0.3, 0.4) is 0 Å². The Bertz CT molecular complexity index is 746. The molecule has 2 unspecified atom stereocenters. The van der Waals surface area contributed by atoms with Gasteiger partial charge in [-0.1, -0.05) is 18.2 Å². The average Bonchev–Trinajstić information content (AvgIpc) is 3.12. The number of rotatable bonds is 4. The number of hydrogen-bond donors (Lipinski definition) is 2. The van der Waals surface area contributed by atoms with Crippen molar-refractivity contribution in [2.75, 3.05) is 6.54 Å². The van der Waals surface area contributed by atoms with Gasteiger partial charge in [-0.15, -0.1) is 0 Å². The van der Waals surface area contributed by atoms with Gasteiger partial charge < -0.3 is 14.8 Å². The summed E-state index contributed by atoms with van der Waals surface area (Å²) in [5.74, 6) is -0.868. The van der Waals surface area contributed by atoms with Crippen molar-refractivity contribution >= 4 is 11.9 Å². The summed E-state index contributed by atoms with van der Waals surface area (Å²) in [7, 11) is 0. The number of carbonyl (C=O) groups is 2. The molecule has 2 heterocycles. The molecule has 1 aliphatic heterocycles. The quantitative estimate of drug-likeness (QED) is 0.844. The number of carbonyl (C=O) groups excluding carboxylic acids is 2. The van der Waals surface area contributed by atoms with Crippen molar-refractivity contribution in [1.29, 1.82) is 0 Å².